The van der Waals surface area contributed by atoms with Gasteiger partial charge in [0.2, 0.25) is 0 Å². The van der Waals surface area contributed by atoms with Crippen LogP contribution in [0.1, 0.15) is 0 Å². The van der Waals surface area contributed by atoms with E-state index >= 15 is 0 Å². The minimum absolute atomic E-state index is 0.0163. The molecule has 0 bridgehead atoms. The van der Waals surface area contributed by atoms with E-state index in [1.54, 1.807) is 18.3 Å². The van der Waals surface area contributed by atoms with E-state index in [1.165, 1.54) is 0 Å². The van der Waals surface area contributed by atoms with Crippen molar-refractivity contribution in [1.82, 2.24) is 7.96 Å². The second kappa shape index (κ2) is 3.09. The Kier molecular flexibility index (Phi) is 1.94. The molecule has 0 unspecified atom stereocenters. The van der Waals surface area contributed by atoms with Gasteiger partial charge < -0.3 is 0 Å². The predicted molar refractivity (Wildman–Crippen MR) is 46.1 cm³/mol. The number of aromatic nitrogens is 2. The molecule has 0 aliphatic carbocycles. The summed E-state index contributed by atoms with van der Waals surface area (Å²) < 4.78 is 8.17. The van der Waals surface area contributed by atoms with E-state index in [1.807, 2.05) is 12.1 Å². The van der Waals surface area contributed by atoms with Gasteiger partial charge in [-0.25, -0.2) is 0 Å². The molecule has 0 saturated carbocycles. The molecule has 0 aliphatic heterocycles. The first kappa shape index (κ1) is 7.52. The van der Waals surface area contributed by atoms with Crippen LogP contribution in [0.3, 0.4) is 0 Å². The maximum atomic E-state index is 9.44. The molecule has 1 aromatic heterocycles. The summed E-state index contributed by atoms with van der Waals surface area (Å²) in [5.41, 5.74) is 1.55. The van der Waals surface area contributed by atoms with Crippen molar-refractivity contribution in [3.63, 3.8) is 0 Å². The van der Waals surface area contributed by atoms with Crippen LogP contribution in [0.4, 0.5) is 0 Å². The Labute approximate surface area is 75.9 Å². The number of para-hydroxylation sites is 1. The molecule has 0 fully saturated rings. The van der Waals surface area contributed by atoms with Gasteiger partial charge in [0, 0.05) is 0 Å². The third kappa shape index (κ3) is 1.26. The molecular formula is C8H6N2OSe. The average molecular weight is 225 g/mol. The summed E-state index contributed by atoms with van der Waals surface area (Å²) in [5.74, 6) is 0.264. The van der Waals surface area contributed by atoms with Crippen LogP contribution in [0.5, 0.6) is 5.75 Å². The molecule has 60 valence electrons. The molecule has 0 aliphatic rings. The fraction of sp³-hybridized carbons (Fsp3) is 0. The van der Waals surface area contributed by atoms with Crippen molar-refractivity contribution in [2.75, 3.05) is 0 Å². The van der Waals surface area contributed by atoms with Crippen LogP contribution in [0.25, 0.3) is 11.3 Å². The van der Waals surface area contributed by atoms with Gasteiger partial charge in [-0.05, 0) is 0 Å². The van der Waals surface area contributed by atoms with Gasteiger partial charge in [0.1, 0.15) is 0 Å². The van der Waals surface area contributed by atoms with Crippen LogP contribution >= 0.6 is 0 Å². The van der Waals surface area contributed by atoms with E-state index in [-0.39, 0.29) is 20.7 Å². The fourth-order valence-electron chi connectivity index (χ4n) is 0.974. The van der Waals surface area contributed by atoms with Gasteiger partial charge in [0.15, 0.2) is 0 Å². The Morgan fingerprint density at radius 3 is 2.75 bits per heavy atom. The number of hydrogen-bond donors (Lipinski definition) is 1. The maximum absolute atomic E-state index is 9.44. The van der Waals surface area contributed by atoms with Gasteiger partial charge in [-0.15, -0.1) is 0 Å². The molecule has 0 atom stereocenters. The summed E-state index contributed by atoms with van der Waals surface area (Å²) >= 11 is -0.0163. The SMILES string of the molecule is Oc1ccccc1-c1cn[se]n1. The minimum atomic E-state index is -0.0163. The summed E-state index contributed by atoms with van der Waals surface area (Å²) in [6.07, 6.45) is 1.70. The molecule has 3 nitrogen and oxygen atoms in total. The monoisotopic (exact) mass is 226 g/mol. The van der Waals surface area contributed by atoms with E-state index < -0.39 is 0 Å². The first-order valence-electron chi connectivity index (χ1n) is 3.44. The molecule has 1 heterocycles. The Bertz CT molecular complexity index is 372. The van der Waals surface area contributed by atoms with Crippen molar-refractivity contribution >= 4 is 15.0 Å². The molecule has 2 aromatic rings. The first-order chi connectivity index (χ1) is 5.88. The van der Waals surface area contributed by atoms with Gasteiger partial charge >= 0.3 is 75.5 Å². The number of aromatic hydroxyl groups is 1. The first-order valence-corrected chi connectivity index (χ1v) is 4.97. The van der Waals surface area contributed by atoms with Crippen molar-refractivity contribution in [3.05, 3.63) is 30.5 Å². The van der Waals surface area contributed by atoms with E-state index in [0.717, 1.165) is 11.3 Å². The molecule has 1 N–H and O–H groups in total. The van der Waals surface area contributed by atoms with Crippen molar-refractivity contribution in [2.45, 2.75) is 0 Å². The normalized spacial score (nSPS) is 10.0. The van der Waals surface area contributed by atoms with Crippen molar-refractivity contribution in [3.8, 4) is 17.0 Å². The van der Waals surface area contributed by atoms with Crippen molar-refractivity contribution in [1.29, 1.82) is 0 Å². The van der Waals surface area contributed by atoms with Crippen LogP contribution in [-0.2, 0) is 0 Å². The Balaban J connectivity index is 2.55. The molecule has 12 heavy (non-hydrogen) atoms. The molecule has 0 radical (unpaired) electrons. The zero-order valence-electron chi connectivity index (χ0n) is 6.14. The zero-order valence-corrected chi connectivity index (χ0v) is 7.85. The number of phenols is 1. The van der Waals surface area contributed by atoms with E-state index in [4.69, 9.17) is 0 Å². The van der Waals surface area contributed by atoms with Crippen LogP contribution in [0, 0.1) is 0 Å². The quantitative estimate of drug-likeness (QED) is 0.733. The molecular weight excluding hydrogens is 219 g/mol. The molecule has 0 saturated heterocycles. The topological polar surface area (TPSA) is 46.0 Å². The standard InChI is InChI=1S/C8H6N2OSe/c11-8-4-2-1-3-6(8)7-5-9-12-10-7/h1-5,11H. The summed E-state index contributed by atoms with van der Waals surface area (Å²) in [4.78, 5) is 0. The van der Waals surface area contributed by atoms with Crippen molar-refractivity contribution < 1.29 is 5.11 Å². The average Bonchev–Trinajstić information content (AvgIpc) is 2.57. The van der Waals surface area contributed by atoms with Gasteiger partial charge in [-0.2, -0.15) is 0 Å². The third-order valence-electron chi connectivity index (χ3n) is 1.54. The Morgan fingerprint density at radius 2 is 2.08 bits per heavy atom. The van der Waals surface area contributed by atoms with Gasteiger partial charge in [0.05, 0.1) is 0 Å². The Morgan fingerprint density at radius 1 is 1.25 bits per heavy atom. The van der Waals surface area contributed by atoms with Gasteiger partial charge in [-0.3, -0.25) is 0 Å². The predicted octanol–water partition coefficient (Wildman–Crippen LogP) is 0.906. The third-order valence-corrected chi connectivity index (χ3v) is 2.54. The van der Waals surface area contributed by atoms with Crippen LogP contribution in [0.2, 0.25) is 0 Å². The Hall–Kier alpha value is -1.12. The van der Waals surface area contributed by atoms with Crippen LogP contribution in [-0.4, -0.2) is 28.0 Å². The van der Waals surface area contributed by atoms with Crippen LogP contribution in [0.15, 0.2) is 30.5 Å². The summed E-state index contributed by atoms with van der Waals surface area (Å²) in [6, 6.07) is 7.14. The number of benzene rings is 1. The number of hydrogen-bond acceptors (Lipinski definition) is 3. The second-order valence-corrected chi connectivity index (χ2v) is 3.48. The molecule has 1 aromatic carbocycles. The van der Waals surface area contributed by atoms with E-state index in [2.05, 4.69) is 7.96 Å². The van der Waals surface area contributed by atoms with Gasteiger partial charge in [0.25, 0.3) is 0 Å². The van der Waals surface area contributed by atoms with Gasteiger partial charge in [-0.1, -0.05) is 0 Å². The summed E-state index contributed by atoms with van der Waals surface area (Å²) in [6.45, 7) is 0. The summed E-state index contributed by atoms with van der Waals surface area (Å²) in [5, 5.41) is 9.44. The molecule has 0 spiro atoms. The van der Waals surface area contributed by atoms with Crippen molar-refractivity contribution in [2.24, 2.45) is 0 Å². The molecule has 0 amide bonds. The number of rotatable bonds is 1. The van der Waals surface area contributed by atoms with E-state index in [0.29, 0.717) is 0 Å². The fourth-order valence-corrected chi connectivity index (χ4v) is 1.87. The second-order valence-electron chi connectivity index (χ2n) is 2.31. The number of nitrogens with zero attached hydrogens (tertiary/aromatic N) is 2. The van der Waals surface area contributed by atoms with Crippen LogP contribution < -0.4 is 0 Å². The zero-order chi connectivity index (χ0) is 8.39. The number of phenolic OH excluding ortho intramolecular Hbond substituents is 1. The molecule has 4 heteroatoms. The molecule has 2 rings (SSSR count). The summed E-state index contributed by atoms with van der Waals surface area (Å²) in [7, 11) is 0. The van der Waals surface area contributed by atoms with E-state index in [9.17, 15) is 5.11 Å².